The van der Waals surface area contributed by atoms with E-state index in [1.165, 1.54) is 12.0 Å². The summed E-state index contributed by atoms with van der Waals surface area (Å²) in [6, 6.07) is 7.32. The van der Waals surface area contributed by atoms with Gasteiger partial charge >= 0.3 is 6.03 Å². The second kappa shape index (κ2) is 7.60. The molecule has 0 aromatic heterocycles. The van der Waals surface area contributed by atoms with Gasteiger partial charge in [0.2, 0.25) is 0 Å². The Labute approximate surface area is 155 Å². The van der Waals surface area contributed by atoms with Crippen LogP contribution in [0.4, 0.5) is 4.79 Å². The maximum atomic E-state index is 13.0. The van der Waals surface area contributed by atoms with Crippen molar-refractivity contribution in [1.82, 2.24) is 10.2 Å². The van der Waals surface area contributed by atoms with Crippen molar-refractivity contribution >= 4 is 17.7 Å². The van der Waals surface area contributed by atoms with Crippen LogP contribution in [-0.2, 0) is 21.5 Å². The lowest BCUT2D eigenvalue weighted by atomic mass is 9.86. The number of amides is 3. The summed E-state index contributed by atoms with van der Waals surface area (Å²) in [7, 11) is 0. The number of aryl methyl sites for hydroxylation is 1. The molecule has 1 heterocycles. The molecule has 3 amide bonds. The Kier molecular flexibility index (Phi) is 5.44. The third-order valence-corrected chi connectivity index (χ3v) is 5.72. The molecule has 5 nitrogen and oxygen atoms in total. The first kappa shape index (κ1) is 18.6. The number of rotatable bonds is 6. The zero-order valence-electron chi connectivity index (χ0n) is 15.7. The fourth-order valence-corrected chi connectivity index (χ4v) is 4.04. The van der Waals surface area contributed by atoms with E-state index in [1.54, 1.807) is 6.92 Å². The number of carbonyl (C=O) groups is 3. The SMILES string of the molecule is CCCc1ccc(C2(C)NC(=O)N(CC(=O)C3CCCCC3)C2=O)cc1. The zero-order chi connectivity index (χ0) is 18.7. The minimum absolute atomic E-state index is 0.00969. The Morgan fingerprint density at radius 2 is 1.81 bits per heavy atom. The number of imide groups is 1. The van der Waals surface area contributed by atoms with Gasteiger partial charge in [0.15, 0.2) is 5.78 Å². The smallest absolute Gasteiger partial charge is 0.319 e. The third kappa shape index (κ3) is 3.53. The van der Waals surface area contributed by atoms with Crippen molar-refractivity contribution in [1.29, 1.82) is 0 Å². The molecule has 1 saturated heterocycles. The van der Waals surface area contributed by atoms with Crippen LogP contribution in [0.2, 0.25) is 0 Å². The monoisotopic (exact) mass is 356 g/mol. The lowest BCUT2D eigenvalue weighted by molar-refractivity contribution is -0.135. The molecule has 26 heavy (non-hydrogen) atoms. The molecule has 1 unspecified atom stereocenters. The number of hydrogen-bond donors (Lipinski definition) is 1. The topological polar surface area (TPSA) is 66.5 Å². The maximum Gasteiger partial charge on any atom is 0.325 e. The maximum absolute atomic E-state index is 13.0. The molecule has 1 N–H and O–H groups in total. The number of nitrogens with zero attached hydrogens (tertiary/aromatic N) is 1. The fraction of sp³-hybridized carbons (Fsp3) is 0.571. The molecular formula is C21H28N2O3. The average Bonchev–Trinajstić information content (AvgIpc) is 2.87. The zero-order valence-corrected chi connectivity index (χ0v) is 15.7. The molecule has 1 atom stereocenters. The van der Waals surface area contributed by atoms with E-state index >= 15 is 0 Å². The molecule has 2 aliphatic rings. The molecule has 1 aliphatic carbocycles. The van der Waals surface area contributed by atoms with E-state index in [-0.39, 0.29) is 24.2 Å². The normalized spacial score (nSPS) is 24.0. The average molecular weight is 356 g/mol. The van der Waals surface area contributed by atoms with E-state index in [0.29, 0.717) is 0 Å². The van der Waals surface area contributed by atoms with Crippen molar-refractivity contribution < 1.29 is 14.4 Å². The third-order valence-electron chi connectivity index (χ3n) is 5.72. The molecule has 5 heteroatoms. The van der Waals surface area contributed by atoms with Gasteiger partial charge in [-0.15, -0.1) is 0 Å². The molecule has 2 fully saturated rings. The summed E-state index contributed by atoms with van der Waals surface area (Å²) in [5, 5.41) is 2.79. The first-order valence-corrected chi connectivity index (χ1v) is 9.72. The molecule has 1 aromatic rings. The van der Waals surface area contributed by atoms with Crippen LogP contribution in [0.3, 0.4) is 0 Å². The summed E-state index contributed by atoms with van der Waals surface area (Å²) in [4.78, 5) is 39.0. The highest BCUT2D eigenvalue weighted by atomic mass is 16.2. The van der Waals surface area contributed by atoms with E-state index < -0.39 is 11.6 Å². The molecule has 1 aromatic carbocycles. The molecule has 0 radical (unpaired) electrons. The van der Waals surface area contributed by atoms with Crippen molar-refractivity contribution in [2.45, 2.75) is 64.3 Å². The van der Waals surface area contributed by atoms with Crippen molar-refractivity contribution in [3.63, 3.8) is 0 Å². The van der Waals surface area contributed by atoms with Crippen molar-refractivity contribution in [3.8, 4) is 0 Å². The highest BCUT2D eigenvalue weighted by Crippen LogP contribution is 2.30. The van der Waals surface area contributed by atoms with Gasteiger partial charge in [-0.05, 0) is 37.3 Å². The number of Topliss-reactive ketones (excluding diaryl/α,β-unsaturated/α-hetero) is 1. The van der Waals surface area contributed by atoms with Crippen LogP contribution in [-0.4, -0.2) is 29.2 Å². The number of carbonyl (C=O) groups excluding carboxylic acids is 3. The summed E-state index contributed by atoms with van der Waals surface area (Å²) in [6.07, 6.45) is 7.07. The van der Waals surface area contributed by atoms with Gasteiger partial charge in [-0.1, -0.05) is 56.9 Å². The van der Waals surface area contributed by atoms with Crippen molar-refractivity contribution in [3.05, 3.63) is 35.4 Å². The minimum atomic E-state index is -1.10. The van der Waals surface area contributed by atoms with Crippen LogP contribution in [0.1, 0.15) is 63.5 Å². The molecule has 1 saturated carbocycles. The van der Waals surface area contributed by atoms with Gasteiger partial charge in [0.25, 0.3) is 5.91 Å². The van der Waals surface area contributed by atoms with Gasteiger partial charge in [-0.2, -0.15) is 0 Å². The van der Waals surface area contributed by atoms with Crippen molar-refractivity contribution in [2.24, 2.45) is 5.92 Å². The predicted octanol–water partition coefficient (Wildman–Crippen LogP) is 3.56. The second-order valence-corrected chi connectivity index (χ2v) is 7.69. The Hall–Kier alpha value is -2.17. The van der Waals surface area contributed by atoms with E-state index in [9.17, 15) is 14.4 Å². The van der Waals surface area contributed by atoms with Gasteiger partial charge in [0, 0.05) is 5.92 Å². The van der Waals surface area contributed by atoms with Gasteiger partial charge in [-0.25, -0.2) is 4.79 Å². The van der Waals surface area contributed by atoms with Gasteiger partial charge < -0.3 is 5.32 Å². The summed E-state index contributed by atoms with van der Waals surface area (Å²) < 4.78 is 0. The molecule has 0 bridgehead atoms. The lowest BCUT2D eigenvalue weighted by Crippen LogP contribution is -2.42. The Balaban J connectivity index is 1.73. The standard InChI is InChI=1S/C21H28N2O3/c1-3-7-15-10-12-17(13-11-15)21(2)19(25)23(20(26)22-21)14-18(24)16-8-5-4-6-9-16/h10-13,16H,3-9,14H2,1-2H3,(H,22,26). The Morgan fingerprint density at radius 3 is 2.42 bits per heavy atom. The number of hydrogen-bond acceptors (Lipinski definition) is 3. The first-order chi connectivity index (χ1) is 12.5. The highest BCUT2D eigenvalue weighted by molar-refractivity contribution is 6.09. The quantitative estimate of drug-likeness (QED) is 0.793. The van der Waals surface area contributed by atoms with Gasteiger partial charge in [0.05, 0.1) is 6.54 Å². The summed E-state index contributed by atoms with van der Waals surface area (Å²) >= 11 is 0. The number of urea groups is 1. The molecular weight excluding hydrogens is 328 g/mol. The fourth-order valence-electron chi connectivity index (χ4n) is 4.04. The largest absolute Gasteiger partial charge is 0.325 e. The molecule has 140 valence electrons. The van der Waals surface area contributed by atoms with Crippen molar-refractivity contribution in [2.75, 3.05) is 6.54 Å². The molecule has 3 rings (SSSR count). The first-order valence-electron chi connectivity index (χ1n) is 9.72. The second-order valence-electron chi connectivity index (χ2n) is 7.69. The lowest BCUT2D eigenvalue weighted by Gasteiger charge is -2.24. The highest BCUT2D eigenvalue weighted by Gasteiger charge is 2.49. The predicted molar refractivity (Wildman–Crippen MR) is 99.6 cm³/mol. The van der Waals surface area contributed by atoms with Gasteiger partial charge in [0.1, 0.15) is 5.54 Å². The Bertz CT molecular complexity index is 692. The summed E-state index contributed by atoms with van der Waals surface area (Å²) in [5.41, 5.74) is 0.860. The van der Waals surface area contributed by atoms with Crippen LogP contribution in [0.25, 0.3) is 0 Å². The van der Waals surface area contributed by atoms with E-state index in [4.69, 9.17) is 0 Å². The van der Waals surface area contributed by atoms with Gasteiger partial charge in [-0.3, -0.25) is 14.5 Å². The number of ketones is 1. The van der Waals surface area contributed by atoms with Crippen LogP contribution in [0.15, 0.2) is 24.3 Å². The molecule has 0 spiro atoms. The number of nitrogens with one attached hydrogen (secondary N) is 1. The van der Waals surface area contributed by atoms with Crippen LogP contribution >= 0.6 is 0 Å². The number of benzene rings is 1. The van der Waals surface area contributed by atoms with E-state index in [2.05, 4.69) is 12.2 Å². The van der Waals surface area contributed by atoms with E-state index in [1.807, 2.05) is 24.3 Å². The molecule has 1 aliphatic heterocycles. The minimum Gasteiger partial charge on any atom is -0.319 e. The Morgan fingerprint density at radius 1 is 1.15 bits per heavy atom. The van der Waals surface area contributed by atoms with Crippen LogP contribution in [0, 0.1) is 5.92 Å². The van der Waals surface area contributed by atoms with Crippen LogP contribution < -0.4 is 5.32 Å². The summed E-state index contributed by atoms with van der Waals surface area (Å²) in [5.74, 6) is -0.338. The van der Waals surface area contributed by atoms with E-state index in [0.717, 1.165) is 49.0 Å². The summed E-state index contributed by atoms with van der Waals surface area (Å²) in [6.45, 7) is 3.73. The van der Waals surface area contributed by atoms with Crippen LogP contribution in [0.5, 0.6) is 0 Å².